The number of rotatable bonds is 7. The fourth-order valence-corrected chi connectivity index (χ4v) is 12.6. The SMILES string of the molecule is CCOC(=O)c1nc2ccccc2n(C2C[C@H]3CC[C@@H](C2)N3C2CCCCCC2)c1=O.Cl.Cl.O=C(O)c1nc2ccccc2n(C2C[C@H]3CC[C@@H](C2)N3C2CCCCCC2)c1=O.[Na+].[OH-]. The molecule has 6 heterocycles. The van der Waals surface area contributed by atoms with Crippen molar-refractivity contribution in [3.8, 4) is 0 Å². The Morgan fingerprint density at radius 3 is 1.30 bits per heavy atom. The molecule has 4 saturated heterocycles. The van der Waals surface area contributed by atoms with Crippen molar-refractivity contribution >= 4 is 58.8 Å². The molecule has 0 amide bonds. The molecule has 2 aliphatic carbocycles. The summed E-state index contributed by atoms with van der Waals surface area (Å²) in [6.45, 7) is 1.98. The van der Waals surface area contributed by atoms with Crippen LogP contribution in [0.5, 0.6) is 0 Å². The van der Waals surface area contributed by atoms with Gasteiger partial charge in [-0.2, -0.15) is 0 Å². The Bertz CT molecular complexity index is 2300. The molecule has 6 fully saturated rings. The van der Waals surface area contributed by atoms with E-state index in [1.165, 1.54) is 103 Å². The van der Waals surface area contributed by atoms with Crippen molar-refractivity contribution in [1.29, 1.82) is 0 Å². The molecule has 2 aromatic heterocycles. The number of carbonyl (C=O) groups is 2. The standard InChI is InChI=1S/C25H33N3O3.C23H29N3O3.2ClH.Na.H2O/c1-2-31-25(30)23-24(29)28(22-12-8-7-11-21(22)26-23)20-15-18-13-14-19(16-20)27(18)17-9-5-3-4-6-10-17;27-22-21(23(28)29)24-19-9-5-6-10-20(19)26(22)18-13-16-11-12-17(14-18)25(16)15-7-3-1-2-4-8-15;;;;/h7-8,11-12,17-20H,2-6,9-10,13-16H2,1H3;5-6,9-10,15-18H,1-4,7-8,11-14H2,(H,28,29);2*1H;;1H2/q;;;;+1;/p-1/t18-,19+,20?;16-,17+,18?;;;;. The van der Waals surface area contributed by atoms with E-state index in [2.05, 4.69) is 19.8 Å². The first-order valence-electron chi connectivity index (χ1n) is 23.3. The number of esters is 1. The van der Waals surface area contributed by atoms with Crippen molar-refractivity contribution in [1.82, 2.24) is 28.9 Å². The summed E-state index contributed by atoms with van der Waals surface area (Å²) >= 11 is 0. The first-order chi connectivity index (χ1) is 29.3. The van der Waals surface area contributed by atoms with Gasteiger partial charge in [-0.3, -0.25) is 19.4 Å². The molecule has 2 saturated carbocycles. The van der Waals surface area contributed by atoms with E-state index >= 15 is 0 Å². The fraction of sp³-hybridized carbons (Fsp3) is 0.625. The van der Waals surface area contributed by atoms with Gasteiger partial charge in [-0.05, 0) is 108 Å². The van der Waals surface area contributed by atoms with Gasteiger partial charge in [-0.1, -0.05) is 75.6 Å². The molecule has 2 aromatic carbocycles. The number of carboxylic acids is 1. The number of aromatic nitrogens is 4. The zero-order valence-corrected chi connectivity index (χ0v) is 41.2. The molecule has 0 radical (unpaired) electrons. The number of carbonyl (C=O) groups excluding carboxylic acids is 1. The fourth-order valence-electron chi connectivity index (χ4n) is 12.6. The van der Waals surface area contributed by atoms with Crippen LogP contribution in [-0.4, -0.2) is 94.3 Å². The van der Waals surface area contributed by atoms with Crippen LogP contribution in [0.15, 0.2) is 58.1 Å². The second-order valence-electron chi connectivity index (χ2n) is 18.5. The minimum Gasteiger partial charge on any atom is -0.870 e. The molecule has 2 unspecified atom stereocenters. The van der Waals surface area contributed by atoms with E-state index < -0.39 is 17.5 Å². The molecule has 344 valence electrons. The van der Waals surface area contributed by atoms with E-state index in [0.29, 0.717) is 47.3 Å². The number of halogens is 2. The van der Waals surface area contributed by atoms with Gasteiger partial charge in [0.25, 0.3) is 11.1 Å². The first kappa shape index (κ1) is 52.1. The van der Waals surface area contributed by atoms with Crippen molar-refractivity contribution in [3.05, 3.63) is 80.6 Å². The minimum absolute atomic E-state index is 0. The van der Waals surface area contributed by atoms with Gasteiger partial charge in [-0.15, -0.1) is 24.8 Å². The Morgan fingerprint density at radius 2 is 0.922 bits per heavy atom. The number of carboxylic acid groups (broad SMARTS) is 1. The maximum absolute atomic E-state index is 13.4. The topological polar surface area (TPSA) is 170 Å². The smallest absolute Gasteiger partial charge is 0.870 e. The summed E-state index contributed by atoms with van der Waals surface area (Å²) in [7, 11) is 0. The molecule has 2 N–H and O–H groups in total. The zero-order chi connectivity index (χ0) is 41.3. The summed E-state index contributed by atoms with van der Waals surface area (Å²) in [5.74, 6) is -1.86. The van der Waals surface area contributed by atoms with Gasteiger partial charge < -0.3 is 24.5 Å². The number of benzene rings is 2. The average Bonchev–Trinajstić information content (AvgIpc) is 3.49. The Labute approximate surface area is 410 Å². The number of hydrogen-bond donors (Lipinski definition) is 1. The summed E-state index contributed by atoms with van der Waals surface area (Å²) in [6, 6.07) is 18.8. The molecule has 4 aliphatic heterocycles. The Balaban J connectivity index is 0.000000227. The number of hydrogen-bond acceptors (Lipinski definition) is 10. The third kappa shape index (κ3) is 10.5. The van der Waals surface area contributed by atoms with Crippen LogP contribution in [0, 0.1) is 0 Å². The number of piperidine rings is 2. The third-order valence-corrected chi connectivity index (χ3v) is 15.0. The zero-order valence-electron chi connectivity index (χ0n) is 37.5. The van der Waals surface area contributed by atoms with Gasteiger partial charge in [0.2, 0.25) is 11.4 Å². The second-order valence-corrected chi connectivity index (χ2v) is 18.5. The first-order valence-corrected chi connectivity index (χ1v) is 23.3. The molecule has 16 heteroatoms. The predicted octanol–water partition coefficient (Wildman–Crippen LogP) is 6.12. The largest absolute Gasteiger partial charge is 1.00 e. The second kappa shape index (κ2) is 23.2. The van der Waals surface area contributed by atoms with Crippen molar-refractivity contribution < 1.29 is 54.5 Å². The van der Waals surface area contributed by atoms with E-state index in [1.807, 2.05) is 47.0 Å². The molecular weight excluding hydrogens is 866 g/mol. The van der Waals surface area contributed by atoms with E-state index in [9.17, 15) is 24.3 Å². The van der Waals surface area contributed by atoms with Crippen LogP contribution in [0.25, 0.3) is 22.1 Å². The van der Waals surface area contributed by atoms with Crippen LogP contribution in [0.3, 0.4) is 0 Å². The number of ether oxygens (including phenoxy) is 1. The van der Waals surface area contributed by atoms with Gasteiger partial charge >= 0.3 is 41.5 Å². The Morgan fingerprint density at radius 1 is 0.562 bits per heavy atom. The maximum Gasteiger partial charge on any atom is 1.00 e. The molecule has 13 nitrogen and oxygen atoms in total. The van der Waals surface area contributed by atoms with Crippen LogP contribution in [-0.2, 0) is 4.74 Å². The predicted molar refractivity (Wildman–Crippen MR) is 248 cm³/mol. The van der Waals surface area contributed by atoms with Crippen LogP contribution in [0.2, 0.25) is 0 Å². The van der Waals surface area contributed by atoms with Crippen LogP contribution < -0.4 is 40.7 Å². The van der Waals surface area contributed by atoms with E-state index in [0.717, 1.165) is 36.7 Å². The number of fused-ring (bicyclic) bond motifs is 6. The van der Waals surface area contributed by atoms with Crippen molar-refractivity contribution in [2.24, 2.45) is 0 Å². The van der Waals surface area contributed by atoms with Crippen molar-refractivity contribution in [2.75, 3.05) is 6.61 Å². The normalized spacial score (nSPS) is 26.1. The Kier molecular flexibility index (Phi) is 18.9. The van der Waals surface area contributed by atoms with Crippen LogP contribution in [0.1, 0.15) is 168 Å². The Hall–Kier alpha value is -2.88. The summed E-state index contributed by atoms with van der Waals surface area (Å²) in [6.07, 6.45) is 24.7. The quantitative estimate of drug-likeness (QED) is 0.129. The summed E-state index contributed by atoms with van der Waals surface area (Å²) in [5, 5.41) is 9.52. The average molecular weight is 932 g/mol. The monoisotopic (exact) mass is 930 g/mol. The minimum atomic E-state index is -1.24. The summed E-state index contributed by atoms with van der Waals surface area (Å²) < 4.78 is 8.76. The number of para-hydroxylation sites is 4. The van der Waals surface area contributed by atoms with Gasteiger partial charge in [0, 0.05) is 48.3 Å². The maximum atomic E-state index is 13.4. The van der Waals surface area contributed by atoms with Gasteiger partial charge in [0.05, 0.1) is 28.7 Å². The van der Waals surface area contributed by atoms with Gasteiger partial charge in [0.1, 0.15) is 0 Å². The molecule has 6 aliphatic rings. The van der Waals surface area contributed by atoms with E-state index in [4.69, 9.17) is 4.74 Å². The van der Waals surface area contributed by atoms with Gasteiger partial charge in [0.15, 0.2) is 0 Å². The molecule has 64 heavy (non-hydrogen) atoms. The molecule has 4 bridgehead atoms. The molecule has 6 atom stereocenters. The number of nitrogens with zero attached hydrogens (tertiary/aromatic N) is 6. The number of aromatic carboxylic acids is 1. The van der Waals surface area contributed by atoms with Crippen LogP contribution in [0.4, 0.5) is 0 Å². The van der Waals surface area contributed by atoms with Crippen molar-refractivity contribution in [2.45, 2.75) is 184 Å². The van der Waals surface area contributed by atoms with Crippen LogP contribution >= 0.6 is 24.8 Å². The summed E-state index contributed by atoms with van der Waals surface area (Å²) in [4.78, 5) is 64.8. The summed E-state index contributed by atoms with van der Waals surface area (Å²) in [5.41, 5.74) is 1.66. The van der Waals surface area contributed by atoms with Crippen molar-refractivity contribution in [3.63, 3.8) is 0 Å². The molecule has 10 rings (SSSR count). The molecule has 4 aromatic rings. The van der Waals surface area contributed by atoms with E-state index in [-0.39, 0.29) is 95.5 Å². The molecule has 0 spiro atoms. The van der Waals surface area contributed by atoms with E-state index in [1.54, 1.807) is 17.6 Å². The third-order valence-electron chi connectivity index (χ3n) is 15.0. The molecular formula is C48H65Cl2N6NaO7. The van der Waals surface area contributed by atoms with Gasteiger partial charge in [-0.25, -0.2) is 19.6 Å².